The molecule has 18 heavy (non-hydrogen) atoms. The van der Waals surface area contributed by atoms with Crippen LogP contribution in [0.3, 0.4) is 0 Å². The second-order valence-electron chi connectivity index (χ2n) is 3.93. The van der Waals surface area contributed by atoms with Gasteiger partial charge in [-0.1, -0.05) is 12.2 Å². The van der Waals surface area contributed by atoms with E-state index in [0.717, 1.165) is 0 Å². The summed E-state index contributed by atoms with van der Waals surface area (Å²) in [7, 11) is 1.44. The van der Waals surface area contributed by atoms with Gasteiger partial charge in [0.05, 0.1) is 12.1 Å². The van der Waals surface area contributed by atoms with Gasteiger partial charge in [0.15, 0.2) is 11.5 Å². The summed E-state index contributed by atoms with van der Waals surface area (Å²) >= 11 is 4.76. The molecular weight excluding hydrogens is 252 g/mol. The van der Waals surface area contributed by atoms with Crippen molar-refractivity contribution in [2.75, 3.05) is 7.11 Å². The number of phenols is 1. The second-order valence-corrected chi connectivity index (χ2v) is 4.46. The van der Waals surface area contributed by atoms with Crippen molar-refractivity contribution in [1.29, 1.82) is 0 Å². The van der Waals surface area contributed by atoms with Crippen molar-refractivity contribution in [3.8, 4) is 11.5 Å². The van der Waals surface area contributed by atoms with Crippen molar-refractivity contribution in [1.82, 2.24) is 5.32 Å². The van der Waals surface area contributed by atoms with Crippen LogP contribution in [0.4, 0.5) is 0 Å². The standard InChI is InChI=1S/C12H16N2O3S/c1-7(5-11(13)18)14-12(16)8-3-4-10(17-2)9(15)6-8/h3-4,6-7,15H,5H2,1-2H3,(H2,13,18)(H,14,16). The maximum atomic E-state index is 11.8. The summed E-state index contributed by atoms with van der Waals surface area (Å²) in [6.07, 6.45) is 0.434. The van der Waals surface area contributed by atoms with Gasteiger partial charge in [0.1, 0.15) is 0 Å². The molecule has 0 heterocycles. The molecule has 6 heteroatoms. The van der Waals surface area contributed by atoms with E-state index < -0.39 is 0 Å². The van der Waals surface area contributed by atoms with Crippen LogP contribution in [-0.2, 0) is 0 Å². The molecule has 1 unspecified atom stereocenters. The highest BCUT2D eigenvalue weighted by atomic mass is 32.1. The summed E-state index contributed by atoms with van der Waals surface area (Å²) in [4.78, 5) is 12.2. The van der Waals surface area contributed by atoms with Gasteiger partial charge in [0, 0.05) is 18.0 Å². The number of nitrogens with one attached hydrogen (secondary N) is 1. The van der Waals surface area contributed by atoms with Gasteiger partial charge >= 0.3 is 0 Å². The summed E-state index contributed by atoms with van der Waals surface area (Å²) in [6, 6.07) is 4.30. The molecule has 98 valence electrons. The molecule has 1 aromatic carbocycles. The molecule has 5 nitrogen and oxygen atoms in total. The van der Waals surface area contributed by atoms with Crippen LogP contribution in [0.1, 0.15) is 23.7 Å². The highest BCUT2D eigenvalue weighted by Gasteiger charge is 2.12. The van der Waals surface area contributed by atoms with Crippen LogP contribution in [0, 0.1) is 0 Å². The van der Waals surface area contributed by atoms with E-state index in [1.165, 1.54) is 19.2 Å². The normalized spacial score (nSPS) is 11.7. The predicted octanol–water partition coefficient (Wildman–Crippen LogP) is 1.20. The Hall–Kier alpha value is -1.82. The number of methoxy groups -OCH3 is 1. The zero-order valence-electron chi connectivity index (χ0n) is 10.3. The third kappa shape index (κ3) is 3.89. The quantitative estimate of drug-likeness (QED) is 0.699. The van der Waals surface area contributed by atoms with Crippen LogP contribution in [0.2, 0.25) is 0 Å². The average Bonchev–Trinajstić information content (AvgIpc) is 2.27. The highest BCUT2D eigenvalue weighted by Crippen LogP contribution is 2.26. The highest BCUT2D eigenvalue weighted by molar-refractivity contribution is 7.80. The summed E-state index contributed by atoms with van der Waals surface area (Å²) in [5, 5.41) is 12.3. The van der Waals surface area contributed by atoms with Gasteiger partial charge in [-0.2, -0.15) is 0 Å². The Balaban J connectivity index is 2.72. The Bertz CT molecular complexity index is 463. The van der Waals surface area contributed by atoms with E-state index >= 15 is 0 Å². The van der Waals surface area contributed by atoms with Crippen molar-refractivity contribution in [3.63, 3.8) is 0 Å². The first-order valence-electron chi connectivity index (χ1n) is 5.40. The Morgan fingerprint density at radius 2 is 2.28 bits per heavy atom. The summed E-state index contributed by atoms with van der Waals surface area (Å²) in [6.45, 7) is 1.81. The van der Waals surface area contributed by atoms with Crippen LogP contribution < -0.4 is 15.8 Å². The van der Waals surface area contributed by atoms with Crippen molar-refractivity contribution in [2.24, 2.45) is 5.73 Å². The molecule has 0 saturated carbocycles. The van der Waals surface area contributed by atoms with Crippen molar-refractivity contribution >= 4 is 23.1 Å². The van der Waals surface area contributed by atoms with Crippen LogP contribution >= 0.6 is 12.2 Å². The number of ether oxygens (including phenoxy) is 1. The van der Waals surface area contributed by atoms with Gasteiger partial charge in [-0.05, 0) is 25.1 Å². The molecule has 0 fully saturated rings. The maximum Gasteiger partial charge on any atom is 0.251 e. The summed E-state index contributed by atoms with van der Waals surface area (Å²) < 4.78 is 4.90. The predicted molar refractivity (Wildman–Crippen MR) is 73.0 cm³/mol. The van der Waals surface area contributed by atoms with E-state index in [0.29, 0.717) is 22.7 Å². The number of benzene rings is 1. The molecule has 1 rings (SSSR count). The van der Waals surface area contributed by atoms with E-state index in [2.05, 4.69) is 5.32 Å². The number of hydrogen-bond acceptors (Lipinski definition) is 4. The Morgan fingerprint density at radius 3 is 2.78 bits per heavy atom. The molecule has 0 bridgehead atoms. The monoisotopic (exact) mass is 268 g/mol. The van der Waals surface area contributed by atoms with E-state index in [1.807, 2.05) is 0 Å². The topological polar surface area (TPSA) is 84.6 Å². The Labute approximate surface area is 111 Å². The molecule has 0 aromatic heterocycles. The number of nitrogens with two attached hydrogens (primary N) is 1. The maximum absolute atomic E-state index is 11.8. The minimum Gasteiger partial charge on any atom is -0.504 e. The molecule has 0 aliphatic heterocycles. The Morgan fingerprint density at radius 1 is 1.61 bits per heavy atom. The van der Waals surface area contributed by atoms with E-state index in [-0.39, 0.29) is 17.7 Å². The molecule has 0 saturated heterocycles. The molecule has 4 N–H and O–H groups in total. The molecule has 0 aliphatic carbocycles. The lowest BCUT2D eigenvalue weighted by Gasteiger charge is -2.13. The lowest BCUT2D eigenvalue weighted by molar-refractivity contribution is 0.0941. The molecule has 1 atom stereocenters. The van der Waals surface area contributed by atoms with Gasteiger partial charge < -0.3 is 20.9 Å². The van der Waals surface area contributed by atoms with E-state index in [9.17, 15) is 9.90 Å². The van der Waals surface area contributed by atoms with Gasteiger partial charge in [-0.25, -0.2) is 0 Å². The molecule has 1 amide bonds. The third-order valence-corrected chi connectivity index (χ3v) is 2.49. The van der Waals surface area contributed by atoms with Crippen LogP contribution in [0.25, 0.3) is 0 Å². The molecule has 1 aromatic rings. The minimum atomic E-state index is -0.295. The van der Waals surface area contributed by atoms with Gasteiger partial charge in [0.25, 0.3) is 5.91 Å². The number of carbonyl (C=O) groups is 1. The summed E-state index contributed by atoms with van der Waals surface area (Å²) in [5.74, 6) is -0.0495. The van der Waals surface area contributed by atoms with Gasteiger partial charge in [-0.3, -0.25) is 4.79 Å². The van der Waals surface area contributed by atoms with E-state index in [1.54, 1.807) is 13.0 Å². The molecule has 0 spiro atoms. The first-order valence-corrected chi connectivity index (χ1v) is 5.81. The fourth-order valence-corrected chi connectivity index (χ4v) is 1.74. The average molecular weight is 268 g/mol. The second kappa shape index (κ2) is 6.20. The number of carbonyl (C=O) groups excluding carboxylic acids is 1. The number of aromatic hydroxyl groups is 1. The molecule has 0 aliphatic rings. The van der Waals surface area contributed by atoms with Gasteiger partial charge in [-0.15, -0.1) is 0 Å². The molecular formula is C12H16N2O3S. The SMILES string of the molecule is COc1ccc(C(=O)NC(C)CC(N)=S)cc1O. The number of hydrogen-bond donors (Lipinski definition) is 3. The Kier molecular flexibility index (Phi) is 4.91. The minimum absolute atomic E-state index is 0.0767. The fourth-order valence-electron chi connectivity index (χ4n) is 1.49. The van der Waals surface area contributed by atoms with Crippen molar-refractivity contribution in [2.45, 2.75) is 19.4 Å². The van der Waals surface area contributed by atoms with Crippen LogP contribution in [0.5, 0.6) is 11.5 Å². The number of amides is 1. The lowest BCUT2D eigenvalue weighted by Crippen LogP contribution is -2.35. The zero-order valence-corrected chi connectivity index (χ0v) is 11.1. The zero-order chi connectivity index (χ0) is 13.7. The summed E-state index contributed by atoms with van der Waals surface area (Å²) in [5.41, 5.74) is 5.74. The lowest BCUT2D eigenvalue weighted by atomic mass is 10.1. The molecule has 0 radical (unpaired) electrons. The van der Waals surface area contributed by atoms with Crippen LogP contribution in [0.15, 0.2) is 18.2 Å². The fraction of sp³-hybridized carbons (Fsp3) is 0.333. The van der Waals surface area contributed by atoms with Crippen molar-refractivity contribution < 1.29 is 14.6 Å². The number of rotatable bonds is 5. The third-order valence-electron chi connectivity index (χ3n) is 2.33. The smallest absolute Gasteiger partial charge is 0.251 e. The number of phenolic OH excluding ortho intramolecular Hbond substituents is 1. The largest absolute Gasteiger partial charge is 0.504 e. The first-order chi connectivity index (χ1) is 8.43. The van der Waals surface area contributed by atoms with Crippen molar-refractivity contribution in [3.05, 3.63) is 23.8 Å². The van der Waals surface area contributed by atoms with E-state index in [4.69, 9.17) is 22.7 Å². The van der Waals surface area contributed by atoms with Gasteiger partial charge in [0.2, 0.25) is 0 Å². The first kappa shape index (κ1) is 14.2. The number of thiocarbonyl (C=S) groups is 1. The van der Waals surface area contributed by atoms with Crippen LogP contribution in [-0.4, -0.2) is 29.2 Å².